The lowest BCUT2D eigenvalue weighted by Crippen LogP contribution is -2.47. The van der Waals surface area contributed by atoms with Gasteiger partial charge in [-0.3, -0.25) is 4.79 Å². The molecule has 0 aliphatic rings. The second-order valence-corrected chi connectivity index (χ2v) is 5.53. The van der Waals surface area contributed by atoms with Crippen LogP contribution in [0.25, 0.3) is 0 Å². The third-order valence-electron chi connectivity index (χ3n) is 1.73. The van der Waals surface area contributed by atoms with Gasteiger partial charge in [0.2, 0.25) is 10.0 Å². The third-order valence-corrected chi connectivity index (χ3v) is 3.83. The molecule has 0 amide bonds. The van der Waals surface area contributed by atoms with Crippen LogP contribution in [0.3, 0.4) is 0 Å². The molecule has 0 rings (SSSR count). The van der Waals surface area contributed by atoms with Crippen LogP contribution in [0.4, 0.5) is 0 Å². The molecular formula is C7H15NO4S. The molecule has 0 aromatic carbocycles. The Balaban J connectivity index is 4.73. The minimum absolute atomic E-state index is 0.263. The molecule has 0 heterocycles. The van der Waals surface area contributed by atoms with Crippen molar-refractivity contribution in [2.75, 3.05) is 6.54 Å². The van der Waals surface area contributed by atoms with E-state index >= 15 is 0 Å². The van der Waals surface area contributed by atoms with E-state index in [-0.39, 0.29) is 6.54 Å². The number of carbonyl (C=O) groups is 1. The van der Waals surface area contributed by atoms with Crippen molar-refractivity contribution in [1.82, 2.24) is 4.72 Å². The number of hydrogen-bond acceptors (Lipinski definition) is 3. The van der Waals surface area contributed by atoms with Crippen LogP contribution in [0, 0.1) is 0 Å². The van der Waals surface area contributed by atoms with Crippen molar-refractivity contribution >= 4 is 16.0 Å². The zero-order valence-corrected chi connectivity index (χ0v) is 8.81. The van der Waals surface area contributed by atoms with E-state index in [1.54, 1.807) is 6.92 Å². The Hall–Kier alpha value is -0.620. The summed E-state index contributed by atoms with van der Waals surface area (Å²) in [7, 11) is -3.77. The van der Waals surface area contributed by atoms with Crippen molar-refractivity contribution in [2.45, 2.75) is 31.9 Å². The van der Waals surface area contributed by atoms with E-state index in [2.05, 4.69) is 4.72 Å². The zero-order chi connectivity index (χ0) is 10.7. The first-order valence-electron chi connectivity index (χ1n) is 3.98. The zero-order valence-electron chi connectivity index (χ0n) is 7.99. The van der Waals surface area contributed by atoms with E-state index in [0.29, 0.717) is 6.42 Å². The fourth-order valence-corrected chi connectivity index (χ4v) is 1.60. The van der Waals surface area contributed by atoms with Crippen LogP contribution < -0.4 is 4.72 Å². The number of carboxylic acids is 1. The van der Waals surface area contributed by atoms with Crippen molar-refractivity contribution < 1.29 is 18.3 Å². The Morgan fingerprint density at radius 2 is 1.92 bits per heavy atom. The van der Waals surface area contributed by atoms with Gasteiger partial charge in [0, 0.05) is 6.54 Å². The van der Waals surface area contributed by atoms with Gasteiger partial charge in [0.25, 0.3) is 0 Å². The molecule has 2 N–H and O–H groups in total. The van der Waals surface area contributed by atoms with Gasteiger partial charge < -0.3 is 5.11 Å². The van der Waals surface area contributed by atoms with E-state index < -0.39 is 20.7 Å². The summed E-state index contributed by atoms with van der Waals surface area (Å²) in [5.41, 5.74) is 0. The van der Waals surface area contributed by atoms with Crippen LogP contribution in [0.5, 0.6) is 0 Å². The second kappa shape index (κ2) is 4.06. The summed E-state index contributed by atoms with van der Waals surface area (Å²) in [6, 6.07) is 0. The van der Waals surface area contributed by atoms with Crippen LogP contribution in [-0.4, -0.2) is 30.8 Å². The lowest BCUT2D eigenvalue weighted by Gasteiger charge is -2.19. The topological polar surface area (TPSA) is 83.5 Å². The van der Waals surface area contributed by atoms with Crippen molar-refractivity contribution in [1.29, 1.82) is 0 Å². The summed E-state index contributed by atoms with van der Waals surface area (Å²) in [6.07, 6.45) is 0.634. The molecule has 0 unspecified atom stereocenters. The van der Waals surface area contributed by atoms with Gasteiger partial charge in [-0.05, 0) is 20.3 Å². The minimum Gasteiger partial charge on any atom is -0.480 e. The summed E-state index contributed by atoms with van der Waals surface area (Å²) in [5, 5.41) is 8.66. The van der Waals surface area contributed by atoms with E-state index in [4.69, 9.17) is 5.11 Å². The Morgan fingerprint density at radius 1 is 1.46 bits per heavy atom. The van der Waals surface area contributed by atoms with Gasteiger partial charge in [-0.25, -0.2) is 13.1 Å². The molecule has 78 valence electrons. The first-order valence-corrected chi connectivity index (χ1v) is 5.46. The van der Waals surface area contributed by atoms with Gasteiger partial charge in [0.1, 0.15) is 0 Å². The maximum atomic E-state index is 11.4. The molecule has 0 aliphatic heterocycles. The van der Waals surface area contributed by atoms with Crippen LogP contribution in [0.2, 0.25) is 0 Å². The predicted molar refractivity (Wildman–Crippen MR) is 48.9 cm³/mol. The van der Waals surface area contributed by atoms with E-state index in [1.165, 1.54) is 0 Å². The van der Waals surface area contributed by atoms with Gasteiger partial charge in [0.05, 0.1) is 0 Å². The van der Waals surface area contributed by atoms with Crippen LogP contribution in [0.1, 0.15) is 27.2 Å². The number of carboxylic acid groups (broad SMARTS) is 1. The minimum atomic E-state index is -3.77. The largest absolute Gasteiger partial charge is 0.480 e. The quantitative estimate of drug-likeness (QED) is 0.676. The molecule has 0 saturated carbocycles. The molecular weight excluding hydrogens is 194 g/mol. The molecule has 5 nitrogen and oxygen atoms in total. The highest BCUT2D eigenvalue weighted by atomic mass is 32.2. The highest BCUT2D eigenvalue weighted by Gasteiger charge is 2.41. The van der Waals surface area contributed by atoms with Gasteiger partial charge >= 0.3 is 5.97 Å². The third kappa shape index (κ3) is 2.67. The number of nitrogens with one attached hydrogen (secondary N) is 1. The summed E-state index contributed by atoms with van der Waals surface area (Å²) in [6.45, 7) is 4.38. The highest BCUT2D eigenvalue weighted by molar-refractivity contribution is 7.91. The Morgan fingerprint density at radius 3 is 2.23 bits per heavy atom. The highest BCUT2D eigenvalue weighted by Crippen LogP contribution is 2.14. The average molecular weight is 209 g/mol. The standard InChI is InChI=1S/C7H15NO4S/c1-4-5-8-13(11,12)7(2,3)6(9)10/h8H,4-5H2,1-3H3,(H,9,10). The summed E-state index contributed by atoms with van der Waals surface area (Å²) in [4.78, 5) is 10.6. The smallest absolute Gasteiger partial charge is 0.325 e. The van der Waals surface area contributed by atoms with E-state index in [0.717, 1.165) is 13.8 Å². The maximum Gasteiger partial charge on any atom is 0.325 e. The SMILES string of the molecule is CCCNS(=O)(=O)C(C)(C)C(=O)O. The average Bonchev–Trinajstić information content (AvgIpc) is 2.00. The van der Waals surface area contributed by atoms with Crippen molar-refractivity contribution in [3.05, 3.63) is 0 Å². The molecule has 0 aromatic rings. The second-order valence-electron chi connectivity index (χ2n) is 3.21. The summed E-state index contributed by atoms with van der Waals surface area (Å²) in [5.74, 6) is -1.35. The van der Waals surface area contributed by atoms with E-state index in [9.17, 15) is 13.2 Å². The van der Waals surface area contributed by atoms with Gasteiger partial charge in [-0.2, -0.15) is 0 Å². The molecule has 0 aliphatic carbocycles. The Labute approximate surface area is 78.2 Å². The van der Waals surface area contributed by atoms with Gasteiger partial charge in [-0.15, -0.1) is 0 Å². The van der Waals surface area contributed by atoms with Crippen LogP contribution in [-0.2, 0) is 14.8 Å². The number of aliphatic carboxylic acids is 1. The number of rotatable bonds is 5. The molecule has 0 atom stereocenters. The lowest BCUT2D eigenvalue weighted by molar-refractivity contribution is -0.139. The van der Waals surface area contributed by atoms with Crippen molar-refractivity contribution in [3.8, 4) is 0 Å². The fourth-order valence-electron chi connectivity index (χ4n) is 0.532. The summed E-state index contributed by atoms with van der Waals surface area (Å²) < 4.78 is 23.2. The number of sulfonamides is 1. The first kappa shape index (κ1) is 12.4. The normalized spacial score (nSPS) is 12.8. The molecule has 0 saturated heterocycles. The van der Waals surface area contributed by atoms with Crippen LogP contribution >= 0.6 is 0 Å². The Bertz CT molecular complexity index is 281. The maximum absolute atomic E-state index is 11.4. The summed E-state index contributed by atoms with van der Waals surface area (Å²) >= 11 is 0. The van der Waals surface area contributed by atoms with E-state index in [1.807, 2.05) is 0 Å². The monoisotopic (exact) mass is 209 g/mol. The Kier molecular flexibility index (Phi) is 3.87. The molecule has 0 fully saturated rings. The molecule has 13 heavy (non-hydrogen) atoms. The van der Waals surface area contributed by atoms with Gasteiger partial charge in [-0.1, -0.05) is 6.92 Å². The molecule has 0 spiro atoms. The van der Waals surface area contributed by atoms with Crippen molar-refractivity contribution in [3.63, 3.8) is 0 Å². The molecule has 0 bridgehead atoms. The van der Waals surface area contributed by atoms with Gasteiger partial charge in [0.15, 0.2) is 4.75 Å². The number of hydrogen-bond donors (Lipinski definition) is 2. The predicted octanol–water partition coefficient (Wildman–Crippen LogP) is 0.179. The first-order chi connectivity index (χ1) is 5.75. The fraction of sp³-hybridized carbons (Fsp3) is 0.857. The van der Waals surface area contributed by atoms with Crippen LogP contribution in [0.15, 0.2) is 0 Å². The van der Waals surface area contributed by atoms with Crippen molar-refractivity contribution in [2.24, 2.45) is 0 Å². The molecule has 0 aromatic heterocycles. The molecule has 6 heteroatoms. The lowest BCUT2D eigenvalue weighted by atomic mass is 10.2. The molecule has 0 radical (unpaired) electrons.